The lowest BCUT2D eigenvalue weighted by atomic mass is 10.2. The van der Waals surface area contributed by atoms with Gasteiger partial charge in [0.05, 0.1) is 29.8 Å². The summed E-state index contributed by atoms with van der Waals surface area (Å²) in [5, 5.41) is 9.30. The molecule has 3 aromatic heterocycles. The SMILES string of the molecule is C[C@H]1CCN(c2ccnc(-n3cc(S(=O)(=O)Nc4cccc5cnn(C)c45)cn3)c2)C1. The molecule has 9 nitrogen and oxygen atoms in total. The van der Waals surface area contributed by atoms with Gasteiger partial charge in [0.2, 0.25) is 0 Å². The number of nitrogens with zero attached hydrogens (tertiary/aromatic N) is 6. The molecule has 0 aliphatic carbocycles. The summed E-state index contributed by atoms with van der Waals surface area (Å²) < 4.78 is 31.8. The van der Waals surface area contributed by atoms with Crippen LogP contribution in [0, 0.1) is 5.92 Å². The van der Waals surface area contributed by atoms with Crippen molar-refractivity contribution in [2.75, 3.05) is 22.7 Å². The van der Waals surface area contributed by atoms with Crippen molar-refractivity contribution in [3.8, 4) is 5.82 Å². The van der Waals surface area contributed by atoms with E-state index < -0.39 is 10.0 Å². The largest absolute Gasteiger partial charge is 0.371 e. The van der Waals surface area contributed by atoms with Crippen molar-refractivity contribution in [2.24, 2.45) is 13.0 Å². The highest BCUT2D eigenvalue weighted by Crippen LogP contribution is 2.26. The minimum atomic E-state index is -3.83. The maximum absolute atomic E-state index is 13.0. The molecule has 1 atom stereocenters. The number of hydrogen-bond donors (Lipinski definition) is 1. The number of anilines is 2. The third-order valence-corrected chi connectivity index (χ3v) is 6.95. The predicted molar refractivity (Wildman–Crippen MR) is 119 cm³/mol. The molecule has 4 heterocycles. The van der Waals surface area contributed by atoms with Crippen LogP contribution < -0.4 is 9.62 Å². The third kappa shape index (κ3) is 3.63. The number of pyridine rings is 1. The van der Waals surface area contributed by atoms with E-state index in [9.17, 15) is 8.42 Å². The lowest BCUT2D eigenvalue weighted by Gasteiger charge is -2.18. The summed E-state index contributed by atoms with van der Waals surface area (Å²) in [5.41, 5.74) is 2.25. The van der Waals surface area contributed by atoms with Gasteiger partial charge in [0, 0.05) is 43.5 Å². The molecule has 0 bridgehead atoms. The summed E-state index contributed by atoms with van der Waals surface area (Å²) in [6.45, 7) is 4.25. The van der Waals surface area contributed by atoms with E-state index in [2.05, 4.69) is 31.7 Å². The van der Waals surface area contributed by atoms with Crippen LogP contribution in [0.15, 0.2) is 60.0 Å². The molecule has 4 aromatic rings. The highest BCUT2D eigenvalue weighted by atomic mass is 32.2. The molecule has 0 amide bonds. The number of benzene rings is 1. The predicted octanol–water partition coefficient (Wildman–Crippen LogP) is 2.80. The van der Waals surface area contributed by atoms with E-state index in [1.807, 2.05) is 18.2 Å². The first kappa shape index (κ1) is 19.6. The Bertz CT molecular complexity index is 1360. The quantitative estimate of drug-likeness (QED) is 0.516. The molecule has 0 saturated carbocycles. The topological polar surface area (TPSA) is 97.9 Å². The Morgan fingerprint density at radius 2 is 2.03 bits per heavy atom. The van der Waals surface area contributed by atoms with Gasteiger partial charge in [0.1, 0.15) is 4.90 Å². The van der Waals surface area contributed by atoms with Crippen LogP contribution in [-0.4, -0.2) is 46.1 Å². The fraction of sp³-hybridized carbons (Fsp3) is 0.286. The number of aromatic nitrogens is 5. The molecular formula is C21H23N7O2S. The van der Waals surface area contributed by atoms with Crippen molar-refractivity contribution in [1.82, 2.24) is 24.5 Å². The van der Waals surface area contributed by atoms with Crippen LogP contribution in [0.25, 0.3) is 16.7 Å². The zero-order chi connectivity index (χ0) is 21.6. The number of para-hydroxylation sites is 1. The van der Waals surface area contributed by atoms with Gasteiger partial charge in [-0.1, -0.05) is 19.1 Å². The highest BCUT2D eigenvalue weighted by Gasteiger charge is 2.21. The Kier molecular flexibility index (Phi) is 4.66. The van der Waals surface area contributed by atoms with Crippen LogP contribution in [0.1, 0.15) is 13.3 Å². The monoisotopic (exact) mass is 437 g/mol. The average molecular weight is 438 g/mol. The van der Waals surface area contributed by atoms with E-state index in [-0.39, 0.29) is 4.90 Å². The highest BCUT2D eigenvalue weighted by molar-refractivity contribution is 7.92. The van der Waals surface area contributed by atoms with E-state index in [1.165, 1.54) is 17.1 Å². The Hall–Kier alpha value is -3.40. The van der Waals surface area contributed by atoms with Crippen molar-refractivity contribution < 1.29 is 8.42 Å². The first-order chi connectivity index (χ1) is 14.9. The molecule has 31 heavy (non-hydrogen) atoms. The van der Waals surface area contributed by atoms with Crippen LogP contribution >= 0.6 is 0 Å². The number of aryl methyl sites for hydroxylation is 1. The van der Waals surface area contributed by atoms with Gasteiger partial charge >= 0.3 is 0 Å². The molecule has 1 aliphatic rings. The lowest BCUT2D eigenvalue weighted by Crippen LogP contribution is -2.19. The summed E-state index contributed by atoms with van der Waals surface area (Å²) in [5.74, 6) is 1.24. The number of rotatable bonds is 5. The summed E-state index contributed by atoms with van der Waals surface area (Å²) in [6, 6.07) is 9.30. The molecule has 1 fully saturated rings. The zero-order valence-corrected chi connectivity index (χ0v) is 18.1. The fourth-order valence-corrected chi connectivity index (χ4v) is 4.99. The van der Waals surface area contributed by atoms with Gasteiger partial charge in [-0.3, -0.25) is 9.40 Å². The maximum atomic E-state index is 13.0. The molecule has 0 radical (unpaired) electrons. The van der Waals surface area contributed by atoms with Crippen LogP contribution in [-0.2, 0) is 17.1 Å². The van der Waals surface area contributed by atoms with Crippen LogP contribution in [0.2, 0.25) is 0 Å². The second-order valence-electron chi connectivity index (χ2n) is 7.95. The fourth-order valence-electron chi connectivity index (χ4n) is 3.99. The number of nitrogens with one attached hydrogen (secondary N) is 1. The van der Waals surface area contributed by atoms with Crippen LogP contribution in [0.5, 0.6) is 0 Å². The van der Waals surface area contributed by atoms with Crippen molar-refractivity contribution >= 4 is 32.3 Å². The molecule has 1 aliphatic heterocycles. The summed E-state index contributed by atoms with van der Waals surface area (Å²) in [4.78, 5) is 6.75. The maximum Gasteiger partial charge on any atom is 0.265 e. The molecule has 0 spiro atoms. The number of sulfonamides is 1. The summed E-state index contributed by atoms with van der Waals surface area (Å²) in [7, 11) is -2.06. The first-order valence-corrected chi connectivity index (χ1v) is 11.6. The zero-order valence-electron chi connectivity index (χ0n) is 17.3. The molecule has 10 heteroatoms. The van der Waals surface area contributed by atoms with Crippen LogP contribution in [0.3, 0.4) is 0 Å². The van der Waals surface area contributed by atoms with Gasteiger partial charge in [-0.2, -0.15) is 10.2 Å². The molecule has 1 aromatic carbocycles. The molecule has 1 N–H and O–H groups in total. The van der Waals surface area contributed by atoms with E-state index in [0.29, 0.717) is 22.9 Å². The first-order valence-electron chi connectivity index (χ1n) is 10.1. The van der Waals surface area contributed by atoms with Gasteiger partial charge in [-0.15, -0.1) is 0 Å². The normalized spacial score (nSPS) is 16.8. The molecule has 5 rings (SSSR count). The van der Waals surface area contributed by atoms with Crippen molar-refractivity contribution in [2.45, 2.75) is 18.2 Å². The van der Waals surface area contributed by atoms with E-state index in [4.69, 9.17) is 0 Å². The molecule has 160 valence electrons. The second kappa shape index (κ2) is 7.38. The lowest BCUT2D eigenvalue weighted by molar-refractivity contribution is 0.601. The van der Waals surface area contributed by atoms with E-state index in [1.54, 1.807) is 36.3 Å². The van der Waals surface area contributed by atoms with Gasteiger partial charge < -0.3 is 4.90 Å². The van der Waals surface area contributed by atoms with Crippen LogP contribution in [0.4, 0.5) is 11.4 Å². The summed E-state index contributed by atoms with van der Waals surface area (Å²) >= 11 is 0. The Labute approximate surface area is 180 Å². The summed E-state index contributed by atoms with van der Waals surface area (Å²) in [6.07, 6.45) is 7.40. The van der Waals surface area contributed by atoms with Gasteiger partial charge in [-0.05, 0) is 24.5 Å². The third-order valence-electron chi connectivity index (χ3n) is 5.63. The standard InChI is InChI=1S/C21H23N7O2S/c1-15-7-9-27(13-15)17-6-8-22-20(10-17)28-14-18(12-24-28)31(29,30)25-19-5-3-4-16-11-23-26(2)21(16)19/h3-6,8,10-12,14-15,25H,7,9,13H2,1-2H3/t15-/m0/s1. The Morgan fingerprint density at radius 3 is 2.84 bits per heavy atom. The van der Waals surface area contributed by atoms with Crippen molar-refractivity contribution in [1.29, 1.82) is 0 Å². The Balaban J connectivity index is 1.43. The van der Waals surface area contributed by atoms with E-state index >= 15 is 0 Å². The number of hydrogen-bond acceptors (Lipinski definition) is 6. The average Bonchev–Trinajstić information content (AvgIpc) is 3.49. The van der Waals surface area contributed by atoms with Gasteiger partial charge in [-0.25, -0.2) is 18.1 Å². The van der Waals surface area contributed by atoms with Gasteiger partial charge in [0.15, 0.2) is 5.82 Å². The molecular weight excluding hydrogens is 414 g/mol. The second-order valence-corrected chi connectivity index (χ2v) is 9.63. The minimum Gasteiger partial charge on any atom is -0.371 e. The Morgan fingerprint density at radius 1 is 1.16 bits per heavy atom. The van der Waals surface area contributed by atoms with Crippen molar-refractivity contribution in [3.05, 3.63) is 55.1 Å². The molecule has 0 unspecified atom stereocenters. The smallest absolute Gasteiger partial charge is 0.265 e. The van der Waals surface area contributed by atoms with E-state index in [0.717, 1.165) is 30.6 Å². The van der Waals surface area contributed by atoms with Gasteiger partial charge in [0.25, 0.3) is 10.0 Å². The molecule has 1 saturated heterocycles. The van der Waals surface area contributed by atoms with Crippen molar-refractivity contribution in [3.63, 3.8) is 0 Å². The minimum absolute atomic E-state index is 0.0636. The number of fused-ring (bicyclic) bond motifs is 1.